The molecular formula is C16H18BrN3O4. The maximum absolute atomic E-state index is 12.2. The van der Waals surface area contributed by atoms with Crippen molar-refractivity contribution in [3.63, 3.8) is 0 Å². The van der Waals surface area contributed by atoms with Gasteiger partial charge in [-0.15, -0.1) is 0 Å². The molecule has 1 N–H and O–H groups in total. The van der Waals surface area contributed by atoms with Gasteiger partial charge in [0.15, 0.2) is 5.76 Å². The zero-order valence-corrected chi connectivity index (χ0v) is 15.4. The average Bonchev–Trinajstić information content (AvgIpc) is 2.95. The number of ether oxygens (including phenoxy) is 2. The molecule has 0 saturated carbocycles. The molecule has 128 valence electrons. The molecule has 0 aliphatic carbocycles. The van der Waals surface area contributed by atoms with E-state index in [0.29, 0.717) is 28.7 Å². The Morgan fingerprint density at radius 3 is 2.33 bits per heavy atom. The first-order valence-electron chi connectivity index (χ1n) is 6.97. The van der Waals surface area contributed by atoms with Gasteiger partial charge in [0, 0.05) is 31.8 Å². The number of hydrogen-bond acceptors (Lipinski definition) is 6. The highest BCUT2D eigenvalue weighted by Gasteiger charge is 2.11. The van der Waals surface area contributed by atoms with Crippen LogP contribution in [-0.4, -0.2) is 40.4 Å². The lowest BCUT2D eigenvalue weighted by molar-refractivity contribution is 0.0954. The average molecular weight is 396 g/mol. The third-order valence-electron chi connectivity index (χ3n) is 3.07. The second kappa shape index (κ2) is 7.87. The van der Waals surface area contributed by atoms with E-state index in [2.05, 4.69) is 26.5 Å². The third kappa shape index (κ3) is 4.29. The molecule has 0 fully saturated rings. The van der Waals surface area contributed by atoms with Crippen LogP contribution in [0.1, 0.15) is 16.1 Å². The smallest absolute Gasteiger partial charge is 0.271 e. The Morgan fingerprint density at radius 1 is 1.21 bits per heavy atom. The van der Waals surface area contributed by atoms with Gasteiger partial charge < -0.3 is 18.8 Å². The van der Waals surface area contributed by atoms with E-state index in [4.69, 9.17) is 13.9 Å². The molecule has 2 aromatic rings. The van der Waals surface area contributed by atoms with Gasteiger partial charge in [-0.3, -0.25) is 4.79 Å². The predicted octanol–water partition coefficient (Wildman–Crippen LogP) is 2.89. The van der Waals surface area contributed by atoms with Crippen molar-refractivity contribution in [2.45, 2.75) is 0 Å². The topological polar surface area (TPSA) is 76.3 Å². The van der Waals surface area contributed by atoms with Crippen LogP contribution < -0.4 is 19.8 Å². The molecule has 0 aliphatic heterocycles. The minimum Gasteiger partial charge on any atom is -0.497 e. The summed E-state index contributed by atoms with van der Waals surface area (Å²) in [5.74, 6) is 1.83. The summed E-state index contributed by atoms with van der Waals surface area (Å²) in [6.45, 7) is 0. The summed E-state index contributed by atoms with van der Waals surface area (Å²) in [6.07, 6.45) is 1.42. The van der Waals surface area contributed by atoms with Gasteiger partial charge in [-0.2, -0.15) is 5.10 Å². The van der Waals surface area contributed by atoms with Crippen LogP contribution in [0, 0.1) is 0 Å². The van der Waals surface area contributed by atoms with Crippen molar-refractivity contribution in [3.05, 3.63) is 40.1 Å². The van der Waals surface area contributed by atoms with E-state index in [1.807, 2.05) is 19.0 Å². The molecule has 0 aliphatic rings. The number of rotatable bonds is 6. The first-order valence-corrected chi connectivity index (χ1v) is 7.77. The second-order valence-corrected chi connectivity index (χ2v) is 5.85. The molecule has 0 bridgehead atoms. The number of nitrogens with zero attached hydrogens (tertiary/aromatic N) is 2. The molecule has 2 rings (SSSR count). The number of methoxy groups -OCH3 is 2. The van der Waals surface area contributed by atoms with Crippen LogP contribution in [0.15, 0.2) is 38.3 Å². The van der Waals surface area contributed by atoms with Crippen molar-refractivity contribution < 1.29 is 18.7 Å². The zero-order chi connectivity index (χ0) is 17.7. The van der Waals surface area contributed by atoms with Crippen molar-refractivity contribution >= 4 is 33.9 Å². The molecule has 1 aromatic carbocycles. The van der Waals surface area contributed by atoms with E-state index < -0.39 is 0 Å². The molecule has 0 spiro atoms. The third-order valence-corrected chi connectivity index (χ3v) is 3.63. The molecular weight excluding hydrogens is 378 g/mol. The Bertz CT molecular complexity index is 734. The van der Waals surface area contributed by atoms with E-state index in [1.165, 1.54) is 20.4 Å². The first kappa shape index (κ1) is 17.9. The minimum atomic E-state index is -0.387. The highest BCUT2D eigenvalue weighted by Crippen LogP contribution is 2.28. The van der Waals surface area contributed by atoms with Crippen molar-refractivity contribution in [1.82, 2.24) is 5.43 Å². The highest BCUT2D eigenvalue weighted by atomic mass is 79.9. The normalized spacial score (nSPS) is 10.7. The number of nitrogens with one attached hydrogen (secondary N) is 1. The molecule has 0 saturated heterocycles. The van der Waals surface area contributed by atoms with Crippen molar-refractivity contribution in [3.8, 4) is 11.5 Å². The van der Waals surface area contributed by atoms with E-state index in [1.54, 1.807) is 24.3 Å². The monoisotopic (exact) mass is 395 g/mol. The number of carbonyl (C=O) groups excluding carboxylic acids is 1. The Balaban J connectivity index is 2.09. The Kier molecular flexibility index (Phi) is 5.86. The maximum Gasteiger partial charge on any atom is 0.271 e. The summed E-state index contributed by atoms with van der Waals surface area (Å²) in [6, 6.07) is 6.64. The molecule has 8 heteroatoms. The van der Waals surface area contributed by atoms with Crippen LogP contribution in [0.3, 0.4) is 0 Å². The fourth-order valence-corrected chi connectivity index (χ4v) is 2.56. The summed E-state index contributed by atoms with van der Waals surface area (Å²) < 4.78 is 16.7. The minimum absolute atomic E-state index is 0.373. The zero-order valence-electron chi connectivity index (χ0n) is 13.8. The molecule has 0 atom stereocenters. The molecule has 0 unspecified atom stereocenters. The fourth-order valence-electron chi connectivity index (χ4n) is 1.90. The Labute approximate surface area is 148 Å². The summed E-state index contributed by atoms with van der Waals surface area (Å²) in [5.41, 5.74) is 2.81. The van der Waals surface area contributed by atoms with Crippen LogP contribution in [0.5, 0.6) is 11.5 Å². The van der Waals surface area contributed by atoms with Gasteiger partial charge in [0.2, 0.25) is 5.88 Å². The second-order valence-electron chi connectivity index (χ2n) is 5.00. The number of amides is 1. The van der Waals surface area contributed by atoms with Crippen molar-refractivity contribution in [2.75, 3.05) is 33.2 Å². The summed E-state index contributed by atoms with van der Waals surface area (Å²) in [4.78, 5) is 14.0. The van der Waals surface area contributed by atoms with Gasteiger partial charge >= 0.3 is 0 Å². The van der Waals surface area contributed by atoms with Gasteiger partial charge in [0.05, 0.1) is 24.9 Å². The molecule has 1 amide bonds. The van der Waals surface area contributed by atoms with E-state index in [-0.39, 0.29) is 5.91 Å². The highest BCUT2D eigenvalue weighted by molar-refractivity contribution is 9.10. The van der Waals surface area contributed by atoms with Crippen LogP contribution in [0.25, 0.3) is 0 Å². The van der Waals surface area contributed by atoms with E-state index in [9.17, 15) is 4.79 Å². The van der Waals surface area contributed by atoms with Gasteiger partial charge in [0.25, 0.3) is 5.91 Å². The molecule has 1 heterocycles. The lowest BCUT2D eigenvalue weighted by Gasteiger charge is -2.07. The van der Waals surface area contributed by atoms with Gasteiger partial charge in [-0.25, -0.2) is 5.43 Å². The van der Waals surface area contributed by atoms with E-state index in [0.717, 1.165) is 4.47 Å². The lowest BCUT2D eigenvalue weighted by atomic mass is 10.2. The molecule has 1 aromatic heterocycles. The number of anilines is 1. The standard InChI is InChI=1S/C16H18BrN3O4/c1-20(2)16-14(17)8-13(24-16)9-18-19-15(21)10-5-11(22-3)7-12(6-10)23-4/h5-9H,1-4H3,(H,19,21)/b18-9-. The number of halogens is 1. The molecule has 0 radical (unpaired) electrons. The van der Waals surface area contributed by atoms with Crippen LogP contribution >= 0.6 is 15.9 Å². The van der Waals surface area contributed by atoms with E-state index >= 15 is 0 Å². The first-order chi connectivity index (χ1) is 11.4. The van der Waals surface area contributed by atoms with Crippen LogP contribution in [0.4, 0.5) is 5.88 Å². The predicted molar refractivity (Wildman–Crippen MR) is 95.3 cm³/mol. The number of furan rings is 1. The summed E-state index contributed by atoms with van der Waals surface area (Å²) >= 11 is 3.39. The van der Waals surface area contributed by atoms with Gasteiger partial charge in [-0.05, 0) is 28.1 Å². The number of carbonyl (C=O) groups is 1. The SMILES string of the molecule is COc1cc(OC)cc(C(=O)N/N=C\c2cc(Br)c(N(C)C)o2)c1. The summed E-state index contributed by atoms with van der Waals surface area (Å²) in [5, 5.41) is 3.90. The molecule has 24 heavy (non-hydrogen) atoms. The van der Waals surface area contributed by atoms with Crippen molar-refractivity contribution in [1.29, 1.82) is 0 Å². The van der Waals surface area contributed by atoms with Crippen LogP contribution in [-0.2, 0) is 0 Å². The van der Waals surface area contributed by atoms with Crippen molar-refractivity contribution in [2.24, 2.45) is 5.10 Å². The van der Waals surface area contributed by atoms with Crippen LogP contribution in [0.2, 0.25) is 0 Å². The Hall–Kier alpha value is -2.48. The fraction of sp³-hybridized carbons (Fsp3) is 0.250. The van der Waals surface area contributed by atoms with Gasteiger partial charge in [-0.1, -0.05) is 0 Å². The molecule has 7 nitrogen and oxygen atoms in total. The number of hydrazone groups is 1. The Morgan fingerprint density at radius 2 is 1.83 bits per heavy atom. The number of hydrogen-bond donors (Lipinski definition) is 1. The van der Waals surface area contributed by atoms with Gasteiger partial charge in [0.1, 0.15) is 11.5 Å². The lowest BCUT2D eigenvalue weighted by Crippen LogP contribution is -2.17. The maximum atomic E-state index is 12.2. The summed E-state index contributed by atoms with van der Waals surface area (Å²) in [7, 11) is 6.77. The quantitative estimate of drug-likeness (QED) is 0.600. The largest absolute Gasteiger partial charge is 0.497 e. The number of benzene rings is 1.